The molecule has 0 aromatic heterocycles. The number of fused-ring (bicyclic) bond motifs is 1. The van der Waals surface area contributed by atoms with Gasteiger partial charge in [-0.05, 0) is 63.7 Å². The first-order chi connectivity index (χ1) is 14.0. The van der Waals surface area contributed by atoms with Crippen molar-refractivity contribution in [3.8, 4) is 5.75 Å². The van der Waals surface area contributed by atoms with Crippen molar-refractivity contribution in [2.45, 2.75) is 45.6 Å². The third-order valence-corrected chi connectivity index (χ3v) is 5.34. The van der Waals surface area contributed by atoms with E-state index in [1.54, 1.807) is 0 Å². The minimum Gasteiger partial charge on any atom is -0.494 e. The molecule has 0 aliphatic carbocycles. The summed E-state index contributed by atoms with van der Waals surface area (Å²) in [5.41, 5.74) is 1.30. The molecule has 0 radical (unpaired) electrons. The highest BCUT2D eigenvalue weighted by atomic mass is 16.5. The van der Waals surface area contributed by atoms with Crippen LogP contribution in [0.15, 0.2) is 36.4 Å². The van der Waals surface area contributed by atoms with Gasteiger partial charge < -0.3 is 19.3 Å². The lowest BCUT2D eigenvalue weighted by Gasteiger charge is -2.34. The van der Waals surface area contributed by atoms with Crippen molar-refractivity contribution >= 4 is 22.4 Å². The van der Waals surface area contributed by atoms with Crippen molar-refractivity contribution < 1.29 is 14.3 Å². The fourth-order valence-electron chi connectivity index (χ4n) is 3.71. The first-order valence-electron chi connectivity index (χ1n) is 10.8. The molecule has 1 heterocycles. The molecule has 0 unspecified atom stereocenters. The van der Waals surface area contributed by atoms with Crippen LogP contribution in [-0.2, 0) is 9.53 Å². The molecule has 2 aromatic rings. The quantitative estimate of drug-likeness (QED) is 0.460. The summed E-state index contributed by atoms with van der Waals surface area (Å²) in [4.78, 5) is 16.4. The molecule has 1 aliphatic rings. The number of esters is 1. The second-order valence-electron chi connectivity index (χ2n) is 8.15. The number of nitrogens with zero attached hydrogens (tertiary/aromatic N) is 2. The Morgan fingerprint density at radius 2 is 1.83 bits per heavy atom. The van der Waals surface area contributed by atoms with E-state index in [1.807, 2.05) is 13.8 Å². The molecule has 1 aliphatic heterocycles. The summed E-state index contributed by atoms with van der Waals surface area (Å²) < 4.78 is 11.2. The van der Waals surface area contributed by atoms with Crippen molar-refractivity contribution in [2.24, 2.45) is 0 Å². The SMILES string of the molecule is CC(C)OC(=O)CCCCCOc1ccc2cccc(N3CCN(C)CC3)c2c1. The topological polar surface area (TPSA) is 42.0 Å². The van der Waals surface area contributed by atoms with Gasteiger partial charge in [0.2, 0.25) is 0 Å². The molecule has 1 fully saturated rings. The highest BCUT2D eigenvalue weighted by Gasteiger charge is 2.16. The van der Waals surface area contributed by atoms with Gasteiger partial charge in [-0.25, -0.2) is 0 Å². The molecule has 1 saturated heterocycles. The third-order valence-electron chi connectivity index (χ3n) is 5.34. The maximum absolute atomic E-state index is 11.6. The Morgan fingerprint density at radius 1 is 1.03 bits per heavy atom. The fourth-order valence-corrected chi connectivity index (χ4v) is 3.71. The van der Waals surface area contributed by atoms with Gasteiger partial charge in [-0.3, -0.25) is 4.79 Å². The molecule has 0 bridgehead atoms. The predicted molar refractivity (Wildman–Crippen MR) is 119 cm³/mol. The van der Waals surface area contributed by atoms with Crippen molar-refractivity contribution in [1.82, 2.24) is 4.90 Å². The number of ether oxygens (including phenoxy) is 2. The number of unbranched alkanes of at least 4 members (excludes halogenated alkanes) is 2. The summed E-state index contributed by atoms with van der Waals surface area (Å²) in [5, 5.41) is 2.50. The van der Waals surface area contributed by atoms with Crippen LogP contribution >= 0.6 is 0 Å². The van der Waals surface area contributed by atoms with Crippen molar-refractivity contribution in [2.75, 3.05) is 44.7 Å². The van der Waals surface area contributed by atoms with E-state index in [2.05, 4.69) is 53.2 Å². The lowest BCUT2D eigenvalue weighted by atomic mass is 10.1. The van der Waals surface area contributed by atoms with Gasteiger partial charge in [-0.2, -0.15) is 0 Å². The Labute approximate surface area is 174 Å². The Hall–Kier alpha value is -2.27. The molecule has 29 heavy (non-hydrogen) atoms. The molecule has 0 spiro atoms. The Morgan fingerprint density at radius 3 is 2.59 bits per heavy atom. The number of hydrogen-bond donors (Lipinski definition) is 0. The van der Waals surface area contributed by atoms with E-state index >= 15 is 0 Å². The van der Waals surface area contributed by atoms with E-state index in [0.29, 0.717) is 13.0 Å². The van der Waals surface area contributed by atoms with Gasteiger partial charge in [0.25, 0.3) is 0 Å². The smallest absolute Gasteiger partial charge is 0.306 e. The first kappa shape index (κ1) is 21.4. The summed E-state index contributed by atoms with van der Waals surface area (Å²) in [6.07, 6.45) is 3.21. The number of likely N-dealkylation sites (N-methyl/N-ethyl adjacent to an activating group) is 1. The highest BCUT2D eigenvalue weighted by Crippen LogP contribution is 2.30. The molecular weight excluding hydrogens is 364 g/mol. The number of hydrogen-bond acceptors (Lipinski definition) is 5. The van der Waals surface area contributed by atoms with Gasteiger partial charge in [-0.15, -0.1) is 0 Å². The molecule has 0 saturated carbocycles. The van der Waals surface area contributed by atoms with E-state index in [4.69, 9.17) is 9.47 Å². The van der Waals surface area contributed by atoms with Gasteiger partial charge in [-0.1, -0.05) is 18.2 Å². The minimum atomic E-state index is -0.105. The van der Waals surface area contributed by atoms with Gasteiger partial charge in [0.15, 0.2) is 0 Å². The zero-order valence-corrected chi connectivity index (χ0v) is 18.0. The van der Waals surface area contributed by atoms with Crippen LogP contribution < -0.4 is 9.64 Å². The third kappa shape index (κ3) is 6.36. The molecular formula is C24H34N2O3. The van der Waals surface area contributed by atoms with Crippen molar-refractivity contribution in [3.63, 3.8) is 0 Å². The maximum Gasteiger partial charge on any atom is 0.306 e. The summed E-state index contributed by atoms with van der Waals surface area (Å²) in [6, 6.07) is 12.9. The number of carbonyl (C=O) groups is 1. The first-order valence-corrected chi connectivity index (χ1v) is 10.8. The average Bonchev–Trinajstić information content (AvgIpc) is 2.70. The van der Waals surface area contributed by atoms with Crippen LogP contribution in [0.3, 0.4) is 0 Å². The summed E-state index contributed by atoms with van der Waals surface area (Å²) in [5.74, 6) is 0.810. The number of benzene rings is 2. The molecule has 2 aromatic carbocycles. The number of rotatable bonds is 9. The van der Waals surface area contributed by atoms with Crippen molar-refractivity contribution in [3.05, 3.63) is 36.4 Å². The van der Waals surface area contributed by atoms with Crippen LogP contribution in [0.1, 0.15) is 39.5 Å². The van der Waals surface area contributed by atoms with E-state index in [1.165, 1.54) is 16.5 Å². The summed E-state index contributed by atoms with van der Waals surface area (Å²) in [6.45, 7) is 8.73. The van der Waals surface area contributed by atoms with Gasteiger partial charge >= 0.3 is 5.97 Å². The van der Waals surface area contributed by atoms with Gasteiger partial charge in [0.1, 0.15) is 5.75 Å². The monoisotopic (exact) mass is 398 g/mol. The highest BCUT2D eigenvalue weighted by molar-refractivity contribution is 5.95. The van der Waals surface area contributed by atoms with Crippen LogP contribution in [0.5, 0.6) is 5.75 Å². The van der Waals surface area contributed by atoms with E-state index in [-0.39, 0.29) is 12.1 Å². The van der Waals surface area contributed by atoms with Crippen LogP contribution in [0.4, 0.5) is 5.69 Å². The predicted octanol–water partition coefficient (Wildman–Crippen LogP) is 4.48. The van der Waals surface area contributed by atoms with Crippen LogP contribution in [0, 0.1) is 0 Å². The maximum atomic E-state index is 11.6. The largest absolute Gasteiger partial charge is 0.494 e. The zero-order valence-electron chi connectivity index (χ0n) is 18.0. The normalized spacial score (nSPS) is 15.1. The van der Waals surface area contributed by atoms with Crippen LogP contribution in [0.2, 0.25) is 0 Å². The van der Waals surface area contributed by atoms with Crippen LogP contribution in [-0.4, -0.2) is 56.8 Å². The summed E-state index contributed by atoms with van der Waals surface area (Å²) in [7, 11) is 2.18. The van der Waals surface area contributed by atoms with Gasteiger partial charge in [0, 0.05) is 43.7 Å². The Bertz CT molecular complexity index is 798. The molecule has 0 N–H and O–H groups in total. The molecule has 0 amide bonds. The minimum absolute atomic E-state index is 0.0329. The van der Waals surface area contributed by atoms with E-state index in [0.717, 1.165) is 51.2 Å². The Kier molecular flexibility index (Phi) is 7.76. The van der Waals surface area contributed by atoms with E-state index < -0.39 is 0 Å². The second-order valence-corrected chi connectivity index (χ2v) is 8.15. The lowest BCUT2D eigenvalue weighted by Crippen LogP contribution is -2.44. The van der Waals surface area contributed by atoms with Gasteiger partial charge in [0.05, 0.1) is 12.7 Å². The molecule has 3 rings (SSSR count). The second kappa shape index (κ2) is 10.5. The lowest BCUT2D eigenvalue weighted by molar-refractivity contribution is -0.147. The number of carbonyl (C=O) groups excluding carboxylic acids is 1. The zero-order chi connectivity index (χ0) is 20.6. The number of piperazine rings is 1. The van der Waals surface area contributed by atoms with Crippen molar-refractivity contribution in [1.29, 1.82) is 0 Å². The summed E-state index contributed by atoms with van der Waals surface area (Å²) >= 11 is 0. The molecule has 5 heteroatoms. The Balaban J connectivity index is 1.51. The van der Waals surface area contributed by atoms with Crippen LogP contribution in [0.25, 0.3) is 10.8 Å². The number of anilines is 1. The molecule has 158 valence electrons. The van der Waals surface area contributed by atoms with E-state index in [9.17, 15) is 4.79 Å². The molecule has 0 atom stereocenters. The fraction of sp³-hybridized carbons (Fsp3) is 0.542. The standard InChI is InChI=1S/C24H34N2O3/c1-19(2)29-24(27)10-5-4-6-17-28-21-12-11-20-8-7-9-23(22(20)18-21)26-15-13-25(3)14-16-26/h7-9,11-12,18-19H,4-6,10,13-17H2,1-3H3. The molecule has 5 nitrogen and oxygen atoms in total. The average molecular weight is 399 g/mol.